The Morgan fingerprint density at radius 2 is 2.27 bits per heavy atom. The fourth-order valence-electron chi connectivity index (χ4n) is 0.924. The van der Waals surface area contributed by atoms with Gasteiger partial charge in [0.2, 0.25) is 0 Å². The smallest absolute Gasteiger partial charge is 0.273 e. The van der Waals surface area contributed by atoms with E-state index in [4.69, 9.17) is 12.2 Å². The van der Waals surface area contributed by atoms with Crippen LogP contribution in [-0.2, 0) is 0 Å². The van der Waals surface area contributed by atoms with E-state index in [-0.39, 0.29) is 11.4 Å². The van der Waals surface area contributed by atoms with Gasteiger partial charge < -0.3 is 15.7 Å². The van der Waals surface area contributed by atoms with E-state index in [0.717, 1.165) is 6.07 Å². The van der Waals surface area contributed by atoms with Crippen molar-refractivity contribution in [3.8, 4) is 5.75 Å². The molecular weight excluding hydrogens is 218 g/mol. The summed E-state index contributed by atoms with van der Waals surface area (Å²) in [6.07, 6.45) is 0. The molecule has 3 N–H and O–H groups in total. The van der Waals surface area contributed by atoms with Gasteiger partial charge in [-0.05, 0) is 18.3 Å². The quantitative estimate of drug-likeness (QED) is 0.305. The number of hydrogen-bond donors (Lipinski definition) is 3. The van der Waals surface area contributed by atoms with Crippen LogP contribution in [-0.4, -0.2) is 22.2 Å². The number of thiocarbonyl (C=S) groups is 1. The molecule has 6 nitrogen and oxygen atoms in total. The molecule has 0 amide bonds. The van der Waals surface area contributed by atoms with E-state index < -0.39 is 4.92 Å². The second-order valence-corrected chi connectivity index (χ2v) is 3.07. The van der Waals surface area contributed by atoms with Gasteiger partial charge in [0, 0.05) is 13.1 Å². The van der Waals surface area contributed by atoms with E-state index in [0.29, 0.717) is 10.8 Å². The van der Waals surface area contributed by atoms with Crippen molar-refractivity contribution in [1.82, 2.24) is 5.32 Å². The predicted octanol–water partition coefficient (Wildman–Crippen LogP) is 1.22. The Balaban J connectivity index is 2.93. The van der Waals surface area contributed by atoms with Crippen molar-refractivity contribution in [3.05, 3.63) is 28.3 Å². The second-order valence-electron chi connectivity index (χ2n) is 2.66. The highest BCUT2D eigenvalue weighted by atomic mass is 32.1. The van der Waals surface area contributed by atoms with Crippen LogP contribution in [0.15, 0.2) is 18.2 Å². The summed E-state index contributed by atoms with van der Waals surface area (Å²) in [5.41, 5.74) is 0.147. The number of hydrogen-bond acceptors (Lipinski definition) is 4. The average Bonchev–Trinajstić information content (AvgIpc) is 2.20. The van der Waals surface area contributed by atoms with E-state index in [1.54, 1.807) is 7.05 Å². The monoisotopic (exact) mass is 227 g/mol. The molecule has 0 atom stereocenters. The van der Waals surface area contributed by atoms with Gasteiger partial charge in [-0.3, -0.25) is 10.1 Å². The third kappa shape index (κ3) is 2.78. The maximum absolute atomic E-state index is 10.4. The van der Waals surface area contributed by atoms with Gasteiger partial charge in [-0.15, -0.1) is 0 Å². The Hall–Kier alpha value is -1.89. The standard InChI is InChI=1S/C8H9N3O3S/c1-9-8(15)10-6-3-2-5(11(13)14)4-7(6)12/h2-4,12H,1H3,(H2,9,10,15). The van der Waals surface area contributed by atoms with Gasteiger partial charge in [0.05, 0.1) is 16.7 Å². The van der Waals surface area contributed by atoms with Crippen LogP contribution in [0.5, 0.6) is 5.75 Å². The molecule has 1 aromatic rings. The van der Waals surface area contributed by atoms with Gasteiger partial charge >= 0.3 is 0 Å². The second kappa shape index (κ2) is 4.56. The van der Waals surface area contributed by atoms with Crippen LogP contribution in [0.1, 0.15) is 0 Å². The lowest BCUT2D eigenvalue weighted by atomic mass is 10.2. The first-order chi connectivity index (χ1) is 7.04. The van der Waals surface area contributed by atoms with Crippen molar-refractivity contribution in [2.45, 2.75) is 0 Å². The van der Waals surface area contributed by atoms with Crippen LogP contribution >= 0.6 is 12.2 Å². The summed E-state index contributed by atoms with van der Waals surface area (Å²) in [7, 11) is 1.62. The Kier molecular flexibility index (Phi) is 3.40. The maximum Gasteiger partial charge on any atom is 0.273 e. The molecule has 80 valence electrons. The summed E-state index contributed by atoms with van der Waals surface area (Å²) in [5.74, 6) is -0.221. The van der Waals surface area contributed by atoms with Crippen LogP contribution in [0.4, 0.5) is 11.4 Å². The van der Waals surface area contributed by atoms with Gasteiger partial charge in [-0.25, -0.2) is 0 Å². The molecule has 7 heteroatoms. The summed E-state index contributed by atoms with van der Waals surface area (Å²) >= 11 is 4.81. The molecule has 0 spiro atoms. The number of benzene rings is 1. The summed E-state index contributed by atoms with van der Waals surface area (Å²) in [6, 6.07) is 3.72. The molecule has 0 saturated heterocycles. The number of nitro groups is 1. The molecule has 0 aliphatic carbocycles. The van der Waals surface area contributed by atoms with Gasteiger partial charge in [0.1, 0.15) is 5.75 Å². The number of phenols is 1. The molecular formula is C8H9N3O3S. The molecule has 0 aliphatic heterocycles. The van der Waals surface area contributed by atoms with Crippen LogP contribution in [0.3, 0.4) is 0 Å². The van der Waals surface area contributed by atoms with E-state index in [2.05, 4.69) is 10.6 Å². The molecule has 0 radical (unpaired) electrons. The highest BCUT2D eigenvalue weighted by Crippen LogP contribution is 2.27. The molecule has 0 aromatic heterocycles. The Bertz CT molecular complexity index is 408. The molecule has 0 unspecified atom stereocenters. The minimum absolute atomic E-state index is 0.173. The number of nitro benzene ring substituents is 1. The molecule has 0 aliphatic rings. The number of phenolic OH excluding ortho intramolecular Hbond substituents is 1. The van der Waals surface area contributed by atoms with E-state index >= 15 is 0 Å². The fourth-order valence-corrected chi connectivity index (χ4v) is 1.03. The lowest BCUT2D eigenvalue weighted by molar-refractivity contribution is -0.384. The molecule has 0 saturated carbocycles. The fraction of sp³-hybridized carbons (Fsp3) is 0.125. The van der Waals surface area contributed by atoms with E-state index in [1.807, 2.05) is 0 Å². The molecule has 0 fully saturated rings. The Morgan fingerprint density at radius 1 is 1.60 bits per heavy atom. The van der Waals surface area contributed by atoms with Crippen LogP contribution in [0.2, 0.25) is 0 Å². The van der Waals surface area contributed by atoms with E-state index in [1.165, 1.54) is 12.1 Å². The van der Waals surface area contributed by atoms with Crippen LogP contribution < -0.4 is 10.6 Å². The largest absolute Gasteiger partial charge is 0.506 e. The van der Waals surface area contributed by atoms with Gasteiger partial charge in [0.25, 0.3) is 5.69 Å². The number of aromatic hydroxyl groups is 1. The molecule has 0 bridgehead atoms. The van der Waals surface area contributed by atoms with Crippen molar-refractivity contribution < 1.29 is 10.0 Å². The summed E-state index contributed by atoms with van der Waals surface area (Å²) in [6.45, 7) is 0. The Morgan fingerprint density at radius 3 is 2.73 bits per heavy atom. The lowest BCUT2D eigenvalue weighted by Crippen LogP contribution is -2.24. The van der Waals surface area contributed by atoms with Gasteiger partial charge in [-0.1, -0.05) is 0 Å². The topological polar surface area (TPSA) is 87.4 Å². The zero-order chi connectivity index (χ0) is 11.4. The molecule has 1 aromatic carbocycles. The number of rotatable bonds is 2. The summed E-state index contributed by atoms with van der Waals surface area (Å²) in [4.78, 5) is 9.80. The zero-order valence-electron chi connectivity index (χ0n) is 7.85. The average molecular weight is 227 g/mol. The minimum Gasteiger partial charge on any atom is -0.506 e. The van der Waals surface area contributed by atoms with Gasteiger partial charge in [0.15, 0.2) is 5.11 Å². The normalized spacial score (nSPS) is 9.40. The number of anilines is 1. The van der Waals surface area contributed by atoms with Crippen molar-refractivity contribution in [3.63, 3.8) is 0 Å². The highest BCUT2D eigenvalue weighted by molar-refractivity contribution is 7.80. The van der Waals surface area contributed by atoms with Crippen LogP contribution in [0, 0.1) is 10.1 Å². The van der Waals surface area contributed by atoms with Crippen molar-refractivity contribution in [2.75, 3.05) is 12.4 Å². The van der Waals surface area contributed by atoms with Crippen LogP contribution in [0.25, 0.3) is 0 Å². The number of non-ortho nitro benzene ring substituents is 1. The van der Waals surface area contributed by atoms with E-state index in [9.17, 15) is 15.2 Å². The third-order valence-electron chi connectivity index (χ3n) is 1.67. The van der Waals surface area contributed by atoms with Crippen molar-refractivity contribution in [1.29, 1.82) is 0 Å². The minimum atomic E-state index is -0.583. The SMILES string of the molecule is CNC(=S)Nc1ccc([N+](=O)[O-])cc1O. The van der Waals surface area contributed by atoms with Crippen molar-refractivity contribution in [2.24, 2.45) is 0 Å². The Labute approximate surface area is 91.1 Å². The lowest BCUT2D eigenvalue weighted by Gasteiger charge is -2.08. The summed E-state index contributed by atoms with van der Waals surface area (Å²) in [5, 5.41) is 25.5. The highest BCUT2D eigenvalue weighted by Gasteiger charge is 2.10. The number of nitrogens with zero attached hydrogens (tertiary/aromatic N) is 1. The first-order valence-electron chi connectivity index (χ1n) is 4.00. The zero-order valence-corrected chi connectivity index (χ0v) is 8.67. The molecule has 1 rings (SSSR count). The third-order valence-corrected chi connectivity index (χ3v) is 1.97. The molecule has 15 heavy (non-hydrogen) atoms. The summed E-state index contributed by atoms with van der Waals surface area (Å²) < 4.78 is 0. The maximum atomic E-state index is 10.4. The van der Waals surface area contributed by atoms with Crippen molar-refractivity contribution >= 4 is 28.7 Å². The number of nitrogens with one attached hydrogen (secondary N) is 2. The predicted molar refractivity (Wildman–Crippen MR) is 60.0 cm³/mol. The van der Waals surface area contributed by atoms with Gasteiger partial charge in [-0.2, -0.15) is 0 Å². The molecule has 0 heterocycles. The first-order valence-corrected chi connectivity index (χ1v) is 4.41. The first kappa shape index (κ1) is 11.2.